The molecule has 0 amide bonds. The molecule has 1 aromatic rings. The molecule has 1 aliphatic rings. The quantitative estimate of drug-likeness (QED) is 0.556. The number of nitrogens with one attached hydrogen (secondary N) is 1. The molecule has 0 saturated carbocycles. The van der Waals surface area contributed by atoms with Crippen molar-refractivity contribution in [3.05, 3.63) is 33.1 Å². The van der Waals surface area contributed by atoms with Crippen molar-refractivity contribution in [1.29, 1.82) is 0 Å². The van der Waals surface area contributed by atoms with Crippen LogP contribution in [-0.4, -0.2) is 37.5 Å². The highest BCUT2D eigenvalue weighted by Gasteiger charge is 2.44. The van der Waals surface area contributed by atoms with Gasteiger partial charge in [0, 0.05) is 16.7 Å². The largest absolute Gasteiger partial charge is 0.387 e. The Morgan fingerprint density at radius 1 is 1.59 bits per heavy atom. The van der Waals surface area contributed by atoms with Crippen LogP contribution in [0.1, 0.15) is 6.23 Å². The van der Waals surface area contributed by atoms with Gasteiger partial charge in [0.25, 0.3) is 5.56 Å². The number of rotatable bonds is 2. The van der Waals surface area contributed by atoms with Crippen LogP contribution in [0.3, 0.4) is 0 Å². The normalized spacial score (nSPS) is 32.9. The minimum absolute atomic E-state index is 0.411. The van der Waals surface area contributed by atoms with E-state index >= 15 is 0 Å². The van der Waals surface area contributed by atoms with Crippen molar-refractivity contribution < 1.29 is 14.2 Å². The Hall–Kier alpha value is -0.740. The third-order valence-corrected chi connectivity index (χ3v) is 3.44. The Morgan fingerprint density at radius 3 is 2.82 bits per heavy atom. The summed E-state index contributed by atoms with van der Waals surface area (Å²) in [6, 6.07) is 1.10. The number of nitrogens with zero attached hydrogens (tertiary/aromatic N) is 1. The molecule has 0 aromatic carbocycles. The second-order valence-electron chi connectivity index (χ2n) is 3.67. The van der Waals surface area contributed by atoms with Crippen LogP contribution in [0, 0.1) is 0 Å². The van der Waals surface area contributed by atoms with Gasteiger partial charge in [0.1, 0.15) is 6.10 Å². The van der Waals surface area contributed by atoms with E-state index in [1.54, 1.807) is 0 Å². The number of hydrogen-bond donors (Lipinski definition) is 2. The van der Waals surface area contributed by atoms with E-state index in [-0.39, 0.29) is 0 Å². The molecule has 94 valence electrons. The maximum atomic E-state index is 13.8. The number of aromatic amines is 1. The summed E-state index contributed by atoms with van der Waals surface area (Å²) in [5, 5.41) is 9.54. The number of halogens is 2. The van der Waals surface area contributed by atoms with Crippen LogP contribution in [0.25, 0.3) is 0 Å². The number of ether oxygens (including phenoxy) is 1. The number of aliphatic hydroxyl groups is 1. The molecule has 8 heteroatoms. The summed E-state index contributed by atoms with van der Waals surface area (Å²) < 4.78 is 20.3. The average Bonchev–Trinajstić information content (AvgIpc) is 2.57. The minimum atomic E-state index is -1.70. The minimum Gasteiger partial charge on any atom is -0.387 e. The molecule has 0 radical (unpaired) electrons. The van der Waals surface area contributed by atoms with Gasteiger partial charge in [-0.2, -0.15) is 0 Å². The fraction of sp³-hybridized carbons (Fsp3) is 0.556. The first-order valence-electron chi connectivity index (χ1n) is 4.89. The van der Waals surface area contributed by atoms with Crippen LogP contribution in [0.2, 0.25) is 0 Å². The van der Waals surface area contributed by atoms with Crippen molar-refractivity contribution in [3.63, 3.8) is 0 Å². The van der Waals surface area contributed by atoms with Gasteiger partial charge in [-0.25, -0.2) is 9.18 Å². The van der Waals surface area contributed by atoms with Gasteiger partial charge in [-0.3, -0.25) is 14.3 Å². The SMILES string of the molecule is O=c1ccn([C@@H]2O[C@H](CI)[C@@H](O)[C@H]2F)c(=O)[nH]1. The first kappa shape index (κ1) is 12.7. The van der Waals surface area contributed by atoms with Gasteiger partial charge in [0.2, 0.25) is 0 Å². The van der Waals surface area contributed by atoms with Crippen LogP contribution in [0.5, 0.6) is 0 Å². The van der Waals surface area contributed by atoms with Crippen LogP contribution < -0.4 is 11.2 Å². The van der Waals surface area contributed by atoms with Gasteiger partial charge >= 0.3 is 5.69 Å². The molecule has 0 bridgehead atoms. The lowest BCUT2D eigenvalue weighted by Gasteiger charge is -2.15. The van der Waals surface area contributed by atoms with Gasteiger partial charge in [-0.05, 0) is 0 Å². The van der Waals surface area contributed by atoms with Crippen molar-refractivity contribution in [2.45, 2.75) is 24.6 Å². The Kier molecular flexibility index (Phi) is 3.64. The number of hydrogen-bond acceptors (Lipinski definition) is 4. The van der Waals surface area contributed by atoms with E-state index in [9.17, 15) is 19.1 Å². The summed E-state index contributed by atoms with van der Waals surface area (Å²) in [4.78, 5) is 24.3. The highest BCUT2D eigenvalue weighted by Crippen LogP contribution is 2.31. The summed E-state index contributed by atoms with van der Waals surface area (Å²) in [6.45, 7) is 0. The molecule has 17 heavy (non-hydrogen) atoms. The number of aromatic nitrogens is 2. The zero-order valence-electron chi connectivity index (χ0n) is 8.55. The lowest BCUT2D eigenvalue weighted by molar-refractivity contribution is -0.0153. The van der Waals surface area contributed by atoms with E-state index in [4.69, 9.17) is 4.74 Å². The van der Waals surface area contributed by atoms with Crippen LogP contribution in [-0.2, 0) is 4.74 Å². The molecule has 1 aliphatic heterocycles. The Labute approximate surface area is 109 Å². The summed E-state index contributed by atoms with van der Waals surface area (Å²) >= 11 is 1.96. The Bertz CT molecular complexity index is 516. The zero-order valence-corrected chi connectivity index (χ0v) is 10.7. The van der Waals surface area contributed by atoms with Gasteiger partial charge in [-0.15, -0.1) is 0 Å². The summed E-state index contributed by atoms with van der Waals surface area (Å²) in [7, 11) is 0. The Balaban J connectivity index is 2.35. The average molecular weight is 356 g/mol. The lowest BCUT2D eigenvalue weighted by Crippen LogP contribution is -2.35. The van der Waals surface area contributed by atoms with Crippen molar-refractivity contribution in [2.75, 3.05) is 4.43 Å². The lowest BCUT2D eigenvalue weighted by atomic mass is 10.2. The molecule has 2 rings (SSSR count). The third-order valence-electron chi connectivity index (χ3n) is 2.57. The van der Waals surface area contributed by atoms with E-state index in [1.807, 2.05) is 27.6 Å². The van der Waals surface area contributed by atoms with Crippen LogP contribution in [0.4, 0.5) is 4.39 Å². The highest BCUT2D eigenvalue weighted by atomic mass is 127. The first-order valence-corrected chi connectivity index (χ1v) is 6.42. The van der Waals surface area contributed by atoms with Gasteiger partial charge < -0.3 is 9.84 Å². The molecular weight excluding hydrogens is 346 g/mol. The molecule has 2 N–H and O–H groups in total. The van der Waals surface area contributed by atoms with E-state index in [0.29, 0.717) is 4.43 Å². The smallest absolute Gasteiger partial charge is 0.330 e. The molecule has 2 heterocycles. The highest BCUT2D eigenvalue weighted by molar-refractivity contribution is 14.1. The molecule has 0 unspecified atom stereocenters. The molecule has 0 spiro atoms. The fourth-order valence-corrected chi connectivity index (χ4v) is 2.41. The van der Waals surface area contributed by atoms with Gasteiger partial charge in [-0.1, -0.05) is 22.6 Å². The van der Waals surface area contributed by atoms with Crippen molar-refractivity contribution in [3.8, 4) is 0 Å². The molecule has 1 aromatic heterocycles. The number of H-pyrrole nitrogens is 1. The molecule has 1 saturated heterocycles. The van der Waals surface area contributed by atoms with Crippen LogP contribution in [0.15, 0.2) is 21.9 Å². The van der Waals surface area contributed by atoms with E-state index in [0.717, 1.165) is 16.8 Å². The third kappa shape index (κ3) is 2.29. The monoisotopic (exact) mass is 356 g/mol. The topological polar surface area (TPSA) is 84.3 Å². The predicted molar refractivity (Wildman–Crippen MR) is 65.0 cm³/mol. The van der Waals surface area contributed by atoms with Gasteiger partial charge in [0.05, 0.1) is 6.10 Å². The van der Waals surface area contributed by atoms with Crippen LogP contribution >= 0.6 is 22.6 Å². The molecule has 4 atom stereocenters. The van der Waals surface area contributed by atoms with E-state index in [1.165, 1.54) is 0 Å². The van der Waals surface area contributed by atoms with Crippen molar-refractivity contribution in [1.82, 2.24) is 9.55 Å². The second-order valence-corrected chi connectivity index (χ2v) is 4.55. The maximum Gasteiger partial charge on any atom is 0.330 e. The standard InChI is InChI=1S/C9H10FIN2O4/c10-6-7(15)4(3-11)17-8(6)13-2-1-5(14)12-9(13)16/h1-2,4,6-8,15H,3H2,(H,12,14,16)/t4-,6-,7-,8-/m1/s1. The number of aliphatic hydroxyl groups excluding tert-OH is 1. The van der Waals surface area contributed by atoms with E-state index in [2.05, 4.69) is 0 Å². The van der Waals surface area contributed by atoms with Gasteiger partial charge in [0.15, 0.2) is 12.4 Å². The van der Waals surface area contributed by atoms with Crippen molar-refractivity contribution >= 4 is 22.6 Å². The molecular formula is C9H10FIN2O4. The summed E-state index contributed by atoms with van der Waals surface area (Å²) in [5.41, 5.74) is -1.32. The summed E-state index contributed by atoms with van der Waals surface area (Å²) in [6.07, 6.45) is -3.67. The zero-order chi connectivity index (χ0) is 12.6. The van der Waals surface area contributed by atoms with E-state index < -0.39 is 35.9 Å². The first-order chi connectivity index (χ1) is 8.04. The second kappa shape index (κ2) is 4.86. The van der Waals surface area contributed by atoms with Crippen molar-refractivity contribution in [2.24, 2.45) is 0 Å². The maximum absolute atomic E-state index is 13.8. The Morgan fingerprint density at radius 2 is 2.29 bits per heavy atom. The molecule has 0 aliphatic carbocycles. The molecule has 1 fully saturated rings. The predicted octanol–water partition coefficient (Wildman–Crippen LogP) is -0.432. The summed E-state index contributed by atoms with van der Waals surface area (Å²) in [5.74, 6) is 0. The number of alkyl halides is 2. The molecule has 6 nitrogen and oxygen atoms in total. The fourth-order valence-electron chi connectivity index (χ4n) is 1.68.